The summed E-state index contributed by atoms with van der Waals surface area (Å²) in [5, 5.41) is 32.9. The fourth-order valence-electron chi connectivity index (χ4n) is 15.6. The van der Waals surface area contributed by atoms with Crippen LogP contribution in [0.3, 0.4) is 0 Å². The first-order valence-corrected chi connectivity index (χ1v) is 37.5. The molecule has 0 spiro atoms. The number of anilines is 6. The second-order valence-electron chi connectivity index (χ2n) is 28.4. The van der Waals surface area contributed by atoms with Crippen LogP contribution in [0.1, 0.15) is 11.1 Å². The summed E-state index contributed by atoms with van der Waals surface area (Å²) in [6.45, 7) is 0. The lowest BCUT2D eigenvalue weighted by atomic mass is 9.95. The minimum Gasteiger partial charge on any atom is -0.436 e. The number of rotatable bonds is 12. The van der Waals surface area contributed by atoms with Crippen LogP contribution in [0.25, 0.3) is 177 Å². The van der Waals surface area contributed by atoms with E-state index in [1.165, 1.54) is 43.4 Å². The van der Waals surface area contributed by atoms with Crippen molar-refractivity contribution in [1.29, 1.82) is 10.5 Å². The molecule has 0 saturated carbocycles. The fraction of sp³-hybridized carbons (Fsp3) is 0. The van der Waals surface area contributed by atoms with Gasteiger partial charge in [0.25, 0.3) is 0 Å². The zero-order chi connectivity index (χ0) is 75.7. The van der Waals surface area contributed by atoms with Gasteiger partial charge in [0, 0.05) is 56.4 Å². The summed E-state index contributed by atoms with van der Waals surface area (Å²) < 4.78 is 24.3. The van der Waals surface area contributed by atoms with E-state index in [0.29, 0.717) is 45.8 Å². The van der Waals surface area contributed by atoms with Gasteiger partial charge in [-0.2, -0.15) is 10.5 Å². The topological polar surface area (TPSA) is 158 Å². The minimum absolute atomic E-state index is 0.502. The lowest BCUT2D eigenvalue weighted by molar-refractivity contribution is 0.619. The number of benzene rings is 18. The van der Waals surface area contributed by atoms with Crippen molar-refractivity contribution in [2.24, 2.45) is 0 Å². The van der Waals surface area contributed by atoms with Gasteiger partial charge in [0.15, 0.2) is 22.3 Å². The van der Waals surface area contributed by atoms with Crippen molar-refractivity contribution >= 4 is 143 Å². The van der Waals surface area contributed by atoms with Gasteiger partial charge in [-0.1, -0.05) is 152 Å². The fourth-order valence-corrected chi connectivity index (χ4v) is 15.6. The van der Waals surface area contributed by atoms with E-state index in [0.717, 1.165) is 133 Å². The number of nitriles is 2. The first-order chi connectivity index (χ1) is 56.3. The van der Waals surface area contributed by atoms with Crippen molar-refractivity contribution < 1.29 is 17.7 Å². The SMILES string of the molecule is N#Cc1ccc2c(ccc3cc(-c4ccc5cc(N(c6ccc(-c7nc8ccccc8o7)cc6)c6ccc(-c7nc8ccccc8o7)cc6)ccc5c4)ccc32)c1.N#Cc1ccc2oc(-c3ccc(N(c4ccc(-c5nc6ccccc6o5)cc4)c4ccc5cc(-c6ccc7c(ccc8ccccc87)c6)ccc5c4)cc3)nc2c1. The van der Waals surface area contributed by atoms with Gasteiger partial charge in [-0.15, -0.1) is 0 Å². The van der Waals surface area contributed by atoms with Crippen molar-refractivity contribution in [3.05, 3.63) is 375 Å². The van der Waals surface area contributed by atoms with E-state index in [1.54, 1.807) is 18.2 Å². The molecule has 0 atom stereocenters. The number of hydrogen-bond acceptors (Lipinski definition) is 12. The summed E-state index contributed by atoms with van der Waals surface area (Å²) in [6.07, 6.45) is 0. The molecule has 18 aromatic carbocycles. The normalized spacial score (nSPS) is 11.5. The molecule has 4 aromatic heterocycles. The largest absolute Gasteiger partial charge is 0.436 e. The maximum absolute atomic E-state index is 9.36. The molecule has 0 amide bonds. The molecule has 532 valence electrons. The third-order valence-corrected chi connectivity index (χ3v) is 21.4. The molecule has 0 radical (unpaired) electrons. The molecule has 4 heterocycles. The van der Waals surface area contributed by atoms with Crippen LogP contribution in [0.2, 0.25) is 0 Å². The third kappa shape index (κ3) is 12.2. The molecule has 0 fully saturated rings. The standard InChI is InChI=1S/2C51H30N4O2/c52-31-32-9-25-44-39(27-32)12-13-40-29-37(19-26-45(40)44)35-10-11-38-30-43(24-18-36(38)28-35)55(41-20-14-33(15-21-41)50-53-46-5-1-3-7-48(46)56-50)42-22-16-34(17-23-42)51-54-47-6-2-4-8-49(47)57-51;52-31-32-9-26-49-47(27-32)54-51(57-49)35-16-22-42(23-17-35)55(41-20-14-34(15-21-41)50-53-46-7-3-4-8-48(46)56-50)43-24-18-37-28-36(11-12-39(37)30-43)38-19-25-45-40(29-38)13-10-33-5-1-2-6-44(33)45/h2*1-30H. The highest BCUT2D eigenvalue weighted by Gasteiger charge is 2.21. The van der Waals surface area contributed by atoms with E-state index in [9.17, 15) is 10.5 Å². The van der Waals surface area contributed by atoms with Gasteiger partial charge in [0.05, 0.1) is 23.3 Å². The average Bonchev–Trinajstić information content (AvgIpc) is 1.33. The van der Waals surface area contributed by atoms with Crippen LogP contribution in [0, 0.1) is 22.7 Å². The second kappa shape index (κ2) is 27.6. The lowest BCUT2D eigenvalue weighted by Gasteiger charge is -2.26. The molecule has 12 nitrogen and oxygen atoms in total. The maximum Gasteiger partial charge on any atom is 0.227 e. The van der Waals surface area contributed by atoms with Gasteiger partial charge in [-0.05, 0) is 299 Å². The Morgan fingerprint density at radius 1 is 0.202 bits per heavy atom. The van der Waals surface area contributed by atoms with Gasteiger partial charge >= 0.3 is 0 Å². The highest BCUT2D eigenvalue weighted by Crippen LogP contribution is 2.43. The predicted molar refractivity (Wildman–Crippen MR) is 460 cm³/mol. The summed E-state index contributed by atoms with van der Waals surface area (Å²) in [4.78, 5) is 23.3. The Morgan fingerprint density at radius 2 is 0.482 bits per heavy atom. The van der Waals surface area contributed by atoms with Gasteiger partial charge in [0.2, 0.25) is 23.6 Å². The van der Waals surface area contributed by atoms with Gasteiger partial charge in [-0.3, -0.25) is 0 Å². The summed E-state index contributed by atoms with van der Waals surface area (Å²) in [5.74, 6) is 2.27. The molecule has 0 aliphatic carbocycles. The monoisotopic (exact) mass is 1460 g/mol. The smallest absolute Gasteiger partial charge is 0.227 e. The molecule has 0 N–H and O–H groups in total. The Bertz CT molecular complexity index is 7440. The highest BCUT2D eigenvalue weighted by atomic mass is 16.4. The molecule has 0 aliphatic heterocycles. The molecule has 0 aliphatic rings. The van der Waals surface area contributed by atoms with Crippen LogP contribution >= 0.6 is 0 Å². The van der Waals surface area contributed by atoms with E-state index < -0.39 is 0 Å². The van der Waals surface area contributed by atoms with Crippen molar-refractivity contribution in [2.75, 3.05) is 9.80 Å². The number of nitrogens with zero attached hydrogens (tertiary/aromatic N) is 8. The molecular formula is C102H60N8O4. The second-order valence-corrected chi connectivity index (χ2v) is 28.4. The van der Waals surface area contributed by atoms with Crippen molar-refractivity contribution in [3.8, 4) is 80.2 Å². The van der Waals surface area contributed by atoms with Crippen molar-refractivity contribution in [2.45, 2.75) is 0 Å². The molecule has 0 bridgehead atoms. The van der Waals surface area contributed by atoms with Crippen LogP contribution in [0.4, 0.5) is 34.1 Å². The number of hydrogen-bond donors (Lipinski definition) is 0. The van der Waals surface area contributed by atoms with E-state index >= 15 is 0 Å². The van der Waals surface area contributed by atoms with E-state index in [2.05, 4.69) is 270 Å². The molecule has 114 heavy (non-hydrogen) atoms. The molecule has 0 saturated heterocycles. The molecule has 22 rings (SSSR count). The van der Waals surface area contributed by atoms with Crippen LogP contribution in [0.5, 0.6) is 0 Å². The Balaban J connectivity index is 0.000000143. The third-order valence-electron chi connectivity index (χ3n) is 21.4. The van der Waals surface area contributed by atoms with E-state index in [-0.39, 0.29) is 0 Å². The molecular weight excluding hydrogens is 1400 g/mol. The summed E-state index contributed by atoms with van der Waals surface area (Å²) >= 11 is 0. The van der Waals surface area contributed by atoms with Crippen LogP contribution < -0.4 is 9.80 Å². The Hall–Kier alpha value is -16.0. The van der Waals surface area contributed by atoms with Crippen LogP contribution in [-0.4, -0.2) is 19.9 Å². The van der Waals surface area contributed by atoms with E-state index in [1.807, 2.05) is 103 Å². The average molecular weight is 1460 g/mol. The highest BCUT2D eigenvalue weighted by molar-refractivity contribution is 6.10. The number of para-hydroxylation sites is 6. The summed E-state index contributed by atoms with van der Waals surface area (Å²) in [5.41, 5.74) is 21.5. The zero-order valence-corrected chi connectivity index (χ0v) is 60.9. The number of fused-ring (bicyclic) bond motifs is 12. The van der Waals surface area contributed by atoms with Crippen LogP contribution in [0.15, 0.2) is 382 Å². The Labute approximate surface area is 652 Å². The first kappa shape index (κ1) is 66.2. The molecule has 22 aromatic rings. The number of aromatic nitrogens is 4. The van der Waals surface area contributed by atoms with Crippen LogP contribution in [-0.2, 0) is 0 Å². The molecule has 12 heteroatoms. The van der Waals surface area contributed by atoms with Crippen molar-refractivity contribution in [3.63, 3.8) is 0 Å². The van der Waals surface area contributed by atoms with Crippen molar-refractivity contribution in [1.82, 2.24) is 19.9 Å². The summed E-state index contributed by atoms with van der Waals surface area (Å²) in [7, 11) is 0. The Morgan fingerprint density at radius 3 is 0.904 bits per heavy atom. The number of oxazole rings is 4. The molecule has 0 unspecified atom stereocenters. The van der Waals surface area contributed by atoms with Gasteiger partial charge < -0.3 is 27.5 Å². The quantitative estimate of drug-likeness (QED) is 0.107. The van der Waals surface area contributed by atoms with E-state index in [4.69, 9.17) is 32.6 Å². The van der Waals surface area contributed by atoms with Gasteiger partial charge in [0.1, 0.15) is 22.1 Å². The Kier molecular flexibility index (Phi) is 16.0. The summed E-state index contributed by atoms with van der Waals surface area (Å²) in [6, 6.07) is 129. The van der Waals surface area contributed by atoms with Gasteiger partial charge in [-0.25, -0.2) is 19.9 Å². The maximum atomic E-state index is 9.36. The predicted octanol–water partition coefficient (Wildman–Crippen LogP) is 27.5. The lowest BCUT2D eigenvalue weighted by Crippen LogP contribution is -2.09. The minimum atomic E-state index is 0.502. The first-order valence-electron chi connectivity index (χ1n) is 37.5. The zero-order valence-electron chi connectivity index (χ0n) is 60.9.